The second-order valence-corrected chi connectivity index (χ2v) is 6.55. The highest BCUT2D eigenvalue weighted by atomic mass is 14.9. The number of benzene rings is 2. The van der Waals surface area contributed by atoms with Crippen molar-refractivity contribution in [1.82, 2.24) is 0 Å². The van der Waals surface area contributed by atoms with Crippen LogP contribution in [0.2, 0.25) is 0 Å². The highest BCUT2D eigenvalue weighted by molar-refractivity contribution is 5.94. The first-order chi connectivity index (χ1) is 11.5. The minimum absolute atomic E-state index is 0.518. The van der Waals surface area contributed by atoms with Crippen LogP contribution in [0.5, 0.6) is 0 Å². The minimum Gasteiger partial charge on any atom is -0.198 e. The van der Waals surface area contributed by atoms with Gasteiger partial charge in [-0.05, 0) is 47.9 Å². The molecule has 3 rings (SSSR count). The molecule has 0 bridgehead atoms. The molecule has 0 N–H and O–H groups in total. The smallest absolute Gasteiger partial charge is 0.198 e. The molecule has 0 aliphatic rings. The van der Waals surface area contributed by atoms with E-state index in [0.29, 0.717) is 12.0 Å². The molecule has 1 nitrogen and oxygen atoms in total. The molecular formula is C22H26N+. The Labute approximate surface area is 141 Å². The van der Waals surface area contributed by atoms with E-state index >= 15 is 0 Å². The van der Waals surface area contributed by atoms with Crippen LogP contribution in [0, 0.1) is 13.8 Å². The van der Waals surface area contributed by atoms with Crippen LogP contribution < -0.4 is 4.57 Å². The van der Waals surface area contributed by atoms with E-state index in [9.17, 15) is 0 Å². The summed E-state index contributed by atoms with van der Waals surface area (Å²) in [5, 5.41) is 2.22. The number of aromatic nitrogens is 1. The largest absolute Gasteiger partial charge is 0.220 e. The number of rotatable bonds is 3. The normalized spacial score (nSPS) is 13.2. The number of fused-ring (bicyclic) bond motifs is 1. The Balaban J connectivity index is 2.40. The molecule has 0 saturated heterocycles. The second kappa shape index (κ2) is 6.16. The monoisotopic (exact) mass is 305 g/mol. The van der Waals surface area contributed by atoms with E-state index in [4.69, 9.17) is 1.37 Å². The third-order valence-corrected chi connectivity index (χ3v) is 5.03. The van der Waals surface area contributed by atoms with Gasteiger partial charge in [-0.2, -0.15) is 4.57 Å². The Morgan fingerprint density at radius 1 is 1.13 bits per heavy atom. The van der Waals surface area contributed by atoms with Crippen LogP contribution in [-0.2, 0) is 7.05 Å². The van der Waals surface area contributed by atoms with E-state index in [-0.39, 0.29) is 0 Å². The van der Waals surface area contributed by atoms with Crippen molar-refractivity contribution in [3.05, 3.63) is 65.3 Å². The van der Waals surface area contributed by atoms with Crippen molar-refractivity contribution in [2.45, 2.75) is 40.0 Å². The summed E-state index contributed by atoms with van der Waals surface area (Å²) in [7, 11) is 2.07. The van der Waals surface area contributed by atoms with E-state index in [2.05, 4.69) is 74.9 Å². The van der Waals surface area contributed by atoms with Crippen LogP contribution in [0.25, 0.3) is 22.0 Å². The lowest BCUT2D eigenvalue weighted by molar-refractivity contribution is -0.665. The predicted molar refractivity (Wildman–Crippen MR) is 98.7 cm³/mol. The highest BCUT2D eigenvalue weighted by Crippen LogP contribution is 2.31. The van der Waals surface area contributed by atoms with Crippen molar-refractivity contribution >= 4 is 10.8 Å². The zero-order valence-electron chi connectivity index (χ0n) is 15.8. The minimum atomic E-state index is 0.518. The Hall–Kier alpha value is -2.15. The molecule has 3 aromatic rings. The Bertz CT molecular complexity index is 911. The second-order valence-electron chi connectivity index (χ2n) is 6.55. The molecule has 1 atom stereocenters. The van der Waals surface area contributed by atoms with Crippen molar-refractivity contribution in [3.63, 3.8) is 0 Å². The maximum atomic E-state index is 8.62. The molecule has 1 heteroatoms. The van der Waals surface area contributed by atoms with Gasteiger partial charge in [0.05, 0.1) is 6.76 Å². The van der Waals surface area contributed by atoms with E-state index in [1.807, 2.05) is 6.92 Å². The van der Waals surface area contributed by atoms with Gasteiger partial charge in [0.2, 0.25) is 5.69 Å². The van der Waals surface area contributed by atoms with Crippen molar-refractivity contribution in [3.8, 4) is 11.3 Å². The third-order valence-electron chi connectivity index (χ3n) is 5.03. The predicted octanol–water partition coefficient (Wildman–Crippen LogP) is 5.46. The molecule has 1 heterocycles. The molecule has 0 aliphatic heterocycles. The quantitative estimate of drug-likeness (QED) is 0.566. The van der Waals surface area contributed by atoms with Gasteiger partial charge in [0.25, 0.3) is 0 Å². The molecule has 0 fully saturated rings. The lowest BCUT2D eigenvalue weighted by Gasteiger charge is -2.13. The SMILES string of the molecule is [2H]c1c(C)[n+](C)c(-c2ccccc2C)c2ccc(C(C)CC)cc12. The molecule has 0 spiro atoms. The summed E-state index contributed by atoms with van der Waals surface area (Å²) in [6, 6.07) is 15.8. The average molecular weight is 305 g/mol. The standard InChI is InChI=1S/C22H26N/c1-6-15(2)18-11-12-21-19(14-18)13-17(4)23(5)22(21)20-10-8-7-9-16(20)3/h7-15H,6H2,1-5H3/q+1/i13D. The summed E-state index contributed by atoms with van der Waals surface area (Å²) in [4.78, 5) is 0. The molecule has 118 valence electrons. The summed E-state index contributed by atoms with van der Waals surface area (Å²) >= 11 is 0. The summed E-state index contributed by atoms with van der Waals surface area (Å²) in [5.74, 6) is 0.518. The van der Waals surface area contributed by atoms with Crippen molar-refractivity contribution in [2.24, 2.45) is 7.05 Å². The number of pyridine rings is 1. The van der Waals surface area contributed by atoms with Crippen molar-refractivity contribution in [2.75, 3.05) is 0 Å². The molecule has 1 unspecified atom stereocenters. The number of hydrogen-bond donors (Lipinski definition) is 0. The lowest BCUT2D eigenvalue weighted by atomic mass is 9.93. The van der Waals surface area contributed by atoms with Gasteiger partial charge in [-0.25, -0.2) is 0 Å². The van der Waals surface area contributed by atoms with E-state index in [1.165, 1.54) is 22.4 Å². The molecule has 0 saturated carbocycles. The third kappa shape index (κ3) is 2.76. The molecule has 2 aromatic carbocycles. The van der Waals surface area contributed by atoms with Gasteiger partial charge in [-0.15, -0.1) is 0 Å². The first-order valence-electron chi connectivity index (χ1n) is 8.94. The number of nitrogens with zero attached hydrogens (tertiary/aromatic N) is 1. The van der Waals surface area contributed by atoms with Gasteiger partial charge < -0.3 is 0 Å². The molecule has 0 amide bonds. The van der Waals surface area contributed by atoms with Crippen molar-refractivity contribution < 1.29 is 5.94 Å². The molecular weight excluding hydrogens is 278 g/mol. The maximum absolute atomic E-state index is 8.62. The van der Waals surface area contributed by atoms with Crippen LogP contribution >= 0.6 is 0 Å². The molecule has 0 aliphatic carbocycles. The maximum Gasteiger partial charge on any atom is 0.220 e. The summed E-state index contributed by atoms with van der Waals surface area (Å²) < 4.78 is 10.8. The van der Waals surface area contributed by atoms with Crippen LogP contribution in [0.1, 0.15) is 44.4 Å². The zero-order chi connectivity index (χ0) is 17.4. The van der Waals surface area contributed by atoms with Crippen LogP contribution in [-0.4, -0.2) is 0 Å². The van der Waals surface area contributed by atoms with Crippen LogP contribution in [0.3, 0.4) is 0 Å². The summed E-state index contributed by atoms with van der Waals surface area (Å²) in [6.07, 6.45) is 1.11. The van der Waals surface area contributed by atoms with Crippen LogP contribution in [0.4, 0.5) is 0 Å². The molecule has 23 heavy (non-hydrogen) atoms. The van der Waals surface area contributed by atoms with E-state index in [0.717, 1.165) is 22.9 Å². The van der Waals surface area contributed by atoms with Gasteiger partial charge in [0.15, 0.2) is 5.69 Å². The Morgan fingerprint density at radius 3 is 2.57 bits per heavy atom. The van der Waals surface area contributed by atoms with Gasteiger partial charge in [0.1, 0.15) is 7.05 Å². The first-order valence-corrected chi connectivity index (χ1v) is 8.44. The number of aryl methyl sites for hydroxylation is 1. The molecule has 1 aromatic heterocycles. The topological polar surface area (TPSA) is 3.88 Å². The van der Waals surface area contributed by atoms with Gasteiger partial charge in [-0.1, -0.05) is 44.2 Å². The van der Waals surface area contributed by atoms with E-state index in [1.54, 1.807) is 0 Å². The first kappa shape index (κ1) is 14.4. The fourth-order valence-electron chi connectivity index (χ4n) is 3.21. The number of hydrogen-bond acceptors (Lipinski definition) is 0. The van der Waals surface area contributed by atoms with Gasteiger partial charge >= 0.3 is 0 Å². The Kier molecular flexibility index (Phi) is 3.87. The Morgan fingerprint density at radius 2 is 1.87 bits per heavy atom. The zero-order valence-corrected chi connectivity index (χ0v) is 14.8. The van der Waals surface area contributed by atoms with Gasteiger partial charge in [-0.3, -0.25) is 0 Å². The van der Waals surface area contributed by atoms with Gasteiger partial charge in [0, 0.05) is 18.5 Å². The summed E-state index contributed by atoms with van der Waals surface area (Å²) in [6.45, 7) is 8.66. The van der Waals surface area contributed by atoms with Crippen LogP contribution in [0.15, 0.2) is 48.5 Å². The fourth-order valence-corrected chi connectivity index (χ4v) is 3.21. The average Bonchev–Trinajstić information content (AvgIpc) is 2.60. The lowest BCUT2D eigenvalue weighted by Crippen LogP contribution is -2.35. The van der Waals surface area contributed by atoms with Crippen molar-refractivity contribution in [1.29, 1.82) is 0 Å². The fraction of sp³-hybridized carbons (Fsp3) is 0.318. The van der Waals surface area contributed by atoms with E-state index < -0.39 is 0 Å². The summed E-state index contributed by atoms with van der Waals surface area (Å²) in [5.41, 5.74) is 6.03. The highest BCUT2D eigenvalue weighted by Gasteiger charge is 2.19. The molecule has 0 radical (unpaired) electrons.